The highest BCUT2D eigenvalue weighted by Gasteiger charge is 2.21. The molecule has 2 heterocycles. The molecule has 1 unspecified atom stereocenters. The van der Waals surface area contributed by atoms with Gasteiger partial charge in [-0.25, -0.2) is 4.79 Å². The SMILES string of the molecule is CCOC(=O)c1noc(CC2CCOC2)n1. The first-order valence-electron chi connectivity index (χ1n) is 5.37. The summed E-state index contributed by atoms with van der Waals surface area (Å²) in [4.78, 5) is 15.2. The monoisotopic (exact) mass is 226 g/mol. The van der Waals surface area contributed by atoms with E-state index in [1.54, 1.807) is 6.92 Å². The summed E-state index contributed by atoms with van der Waals surface area (Å²) < 4.78 is 15.0. The highest BCUT2D eigenvalue weighted by Crippen LogP contribution is 2.17. The summed E-state index contributed by atoms with van der Waals surface area (Å²) in [7, 11) is 0. The number of aromatic nitrogens is 2. The van der Waals surface area contributed by atoms with Gasteiger partial charge >= 0.3 is 5.97 Å². The molecule has 1 fully saturated rings. The average Bonchev–Trinajstić information content (AvgIpc) is 2.90. The van der Waals surface area contributed by atoms with Crippen molar-refractivity contribution < 1.29 is 18.8 Å². The van der Waals surface area contributed by atoms with Crippen LogP contribution < -0.4 is 0 Å². The summed E-state index contributed by atoms with van der Waals surface area (Å²) >= 11 is 0. The zero-order chi connectivity index (χ0) is 11.4. The number of carbonyl (C=O) groups is 1. The molecule has 6 heteroatoms. The van der Waals surface area contributed by atoms with Crippen molar-refractivity contribution in [3.05, 3.63) is 11.7 Å². The number of hydrogen-bond acceptors (Lipinski definition) is 6. The van der Waals surface area contributed by atoms with E-state index in [2.05, 4.69) is 10.1 Å². The van der Waals surface area contributed by atoms with E-state index in [9.17, 15) is 4.79 Å². The second-order valence-electron chi connectivity index (χ2n) is 3.67. The van der Waals surface area contributed by atoms with Crippen molar-refractivity contribution in [2.45, 2.75) is 19.8 Å². The zero-order valence-electron chi connectivity index (χ0n) is 9.14. The third kappa shape index (κ3) is 2.57. The maximum atomic E-state index is 11.3. The van der Waals surface area contributed by atoms with Crippen LogP contribution in [0.5, 0.6) is 0 Å². The van der Waals surface area contributed by atoms with Crippen LogP contribution in [0.25, 0.3) is 0 Å². The minimum Gasteiger partial charge on any atom is -0.460 e. The van der Waals surface area contributed by atoms with Crippen LogP contribution in [0.4, 0.5) is 0 Å². The Kier molecular flexibility index (Phi) is 3.51. The van der Waals surface area contributed by atoms with Gasteiger partial charge < -0.3 is 14.0 Å². The van der Waals surface area contributed by atoms with E-state index in [0.717, 1.165) is 19.6 Å². The molecule has 0 spiro atoms. The number of nitrogens with zero attached hydrogens (tertiary/aromatic N) is 2. The molecule has 88 valence electrons. The zero-order valence-corrected chi connectivity index (χ0v) is 9.14. The molecule has 1 aromatic rings. The molecule has 6 nitrogen and oxygen atoms in total. The number of rotatable bonds is 4. The fourth-order valence-electron chi connectivity index (χ4n) is 1.61. The van der Waals surface area contributed by atoms with Gasteiger partial charge in [-0.05, 0) is 24.4 Å². The summed E-state index contributed by atoms with van der Waals surface area (Å²) in [5.41, 5.74) is 0. The molecule has 1 aliphatic rings. The molecule has 1 atom stereocenters. The Bertz CT molecular complexity index is 357. The maximum absolute atomic E-state index is 11.3. The van der Waals surface area contributed by atoms with Crippen molar-refractivity contribution in [1.29, 1.82) is 0 Å². The number of carbonyl (C=O) groups excluding carboxylic acids is 1. The fraction of sp³-hybridized carbons (Fsp3) is 0.700. The van der Waals surface area contributed by atoms with Gasteiger partial charge in [0.15, 0.2) is 0 Å². The van der Waals surface area contributed by atoms with Crippen molar-refractivity contribution in [3.63, 3.8) is 0 Å². The van der Waals surface area contributed by atoms with Crippen LogP contribution >= 0.6 is 0 Å². The molecule has 2 rings (SSSR count). The Morgan fingerprint density at radius 3 is 3.19 bits per heavy atom. The van der Waals surface area contributed by atoms with E-state index in [1.165, 1.54) is 0 Å². The van der Waals surface area contributed by atoms with Crippen molar-refractivity contribution >= 4 is 5.97 Å². The number of ether oxygens (including phenoxy) is 2. The molecule has 0 bridgehead atoms. The molecule has 0 aliphatic carbocycles. The fourth-order valence-corrected chi connectivity index (χ4v) is 1.61. The summed E-state index contributed by atoms with van der Waals surface area (Å²) in [5.74, 6) is 0.338. The molecule has 16 heavy (non-hydrogen) atoms. The highest BCUT2D eigenvalue weighted by atomic mass is 16.5. The molecule has 1 saturated heterocycles. The predicted molar refractivity (Wildman–Crippen MR) is 52.9 cm³/mol. The molecule has 1 aromatic heterocycles. The van der Waals surface area contributed by atoms with Crippen molar-refractivity contribution in [2.24, 2.45) is 5.92 Å². The van der Waals surface area contributed by atoms with Crippen molar-refractivity contribution in [3.8, 4) is 0 Å². The Hall–Kier alpha value is -1.43. The predicted octanol–water partition coefficient (Wildman–Crippen LogP) is 0.825. The van der Waals surface area contributed by atoms with Gasteiger partial charge in [-0.1, -0.05) is 0 Å². The Morgan fingerprint density at radius 1 is 1.62 bits per heavy atom. The molecule has 0 N–H and O–H groups in total. The lowest BCUT2D eigenvalue weighted by Gasteiger charge is -2.00. The van der Waals surface area contributed by atoms with Gasteiger partial charge in [0.2, 0.25) is 5.89 Å². The first-order chi connectivity index (χ1) is 7.79. The number of hydrogen-bond donors (Lipinski definition) is 0. The lowest BCUT2D eigenvalue weighted by molar-refractivity contribution is 0.0508. The number of esters is 1. The van der Waals surface area contributed by atoms with Gasteiger partial charge in [-0.2, -0.15) is 4.98 Å². The molecule has 0 aromatic carbocycles. The van der Waals surface area contributed by atoms with E-state index in [1.807, 2.05) is 0 Å². The van der Waals surface area contributed by atoms with Crippen LogP contribution in [-0.2, 0) is 15.9 Å². The highest BCUT2D eigenvalue weighted by molar-refractivity contribution is 5.84. The minimum atomic E-state index is -0.542. The van der Waals surface area contributed by atoms with Crippen LogP contribution in [0.2, 0.25) is 0 Å². The molecular formula is C10H14N2O4. The van der Waals surface area contributed by atoms with Gasteiger partial charge in [-0.3, -0.25) is 0 Å². The van der Waals surface area contributed by atoms with E-state index < -0.39 is 5.97 Å². The van der Waals surface area contributed by atoms with Gasteiger partial charge in [0.25, 0.3) is 5.82 Å². The van der Waals surface area contributed by atoms with Gasteiger partial charge in [-0.15, -0.1) is 0 Å². The molecule has 0 saturated carbocycles. The van der Waals surface area contributed by atoms with Crippen LogP contribution in [0.1, 0.15) is 29.9 Å². The molecular weight excluding hydrogens is 212 g/mol. The van der Waals surface area contributed by atoms with E-state index in [4.69, 9.17) is 14.0 Å². The third-order valence-electron chi connectivity index (χ3n) is 2.41. The van der Waals surface area contributed by atoms with E-state index in [0.29, 0.717) is 24.8 Å². The summed E-state index contributed by atoms with van der Waals surface area (Å²) in [6, 6.07) is 0. The van der Waals surface area contributed by atoms with Gasteiger partial charge in [0, 0.05) is 19.6 Å². The average molecular weight is 226 g/mol. The lowest BCUT2D eigenvalue weighted by atomic mass is 10.1. The van der Waals surface area contributed by atoms with Crippen LogP contribution in [-0.4, -0.2) is 35.9 Å². The smallest absolute Gasteiger partial charge is 0.379 e. The quantitative estimate of drug-likeness (QED) is 0.708. The molecule has 0 radical (unpaired) electrons. The van der Waals surface area contributed by atoms with Crippen molar-refractivity contribution in [1.82, 2.24) is 10.1 Å². The molecule has 1 aliphatic heterocycles. The molecule has 0 amide bonds. The first-order valence-corrected chi connectivity index (χ1v) is 5.37. The largest absolute Gasteiger partial charge is 0.460 e. The summed E-state index contributed by atoms with van der Waals surface area (Å²) in [5, 5.41) is 3.58. The summed E-state index contributed by atoms with van der Waals surface area (Å²) in [6.07, 6.45) is 1.66. The van der Waals surface area contributed by atoms with Crippen LogP contribution in [0.15, 0.2) is 4.52 Å². The van der Waals surface area contributed by atoms with Crippen LogP contribution in [0.3, 0.4) is 0 Å². The second kappa shape index (κ2) is 5.07. The van der Waals surface area contributed by atoms with Crippen LogP contribution in [0, 0.1) is 5.92 Å². The Balaban J connectivity index is 1.93. The maximum Gasteiger partial charge on any atom is 0.379 e. The normalized spacial score (nSPS) is 19.9. The second-order valence-corrected chi connectivity index (χ2v) is 3.67. The van der Waals surface area contributed by atoms with E-state index >= 15 is 0 Å². The lowest BCUT2D eigenvalue weighted by Crippen LogP contribution is -2.07. The van der Waals surface area contributed by atoms with Gasteiger partial charge in [0.1, 0.15) is 0 Å². The first kappa shape index (κ1) is 11.1. The third-order valence-corrected chi connectivity index (χ3v) is 2.41. The minimum absolute atomic E-state index is 0.00392. The van der Waals surface area contributed by atoms with Gasteiger partial charge in [0.05, 0.1) is 6.61 Å². The standard InChI is InChI=1S/C10H14N2O4/c1-2-15-10(13)9-11-8(16-12-9)5-7-3-4-14-6-7/h7H,2-6H2,1H3. The Labute approximate surface area is 92.9 Å². The topological polar surface area (TPSA) is 74.5 Å². The van der Waals surface area contributed by atoms with E-state index in [-0.39, 0.29) is 5.82 Å². The Morgan fingerprint density at radius 2 is 2.50 bits per heavy atom. The summed E-state index contributed by atoms with van der Waals surface area (Å²) in [6.45, 7) is 3.54. The van der Waals surface area contributed by atoms with Crippen molar-refractivity contribution in [2.75, 3.05) is 19.8 Å².